The molecule has 1 N–H and O–H groups in total. The molecule has 1 fully saturated rings. The summed E-state index contributed by atoms with van der Waals surface area (Å²) in [6.07, 6.45) is 2.00. The maximum atomic E-state index is 14.7. The van der Waals surface area contributed by atoms with E-state index in [1.165, 1.54) is 10.4 Å². The van der Waals surface area contributed by atoms with Gasteiger partial charge < -0.3 is 5.32 Å². The summed E-state index contributed by atoms with van der Waals surface area (Å²) in [7, 11) is -4.02. The topological polar surface area (TPSA) is 66.5 Å². The monoisotopic (exact) mass is 408 g/mol. The summed E-state index contributed by atoms with van der Waals surface area (Å²) < 4.78 is 42.5. The number of hydrogen-bond acceptors (Lipinski definition) is 3. The van der Waals surface area contributed by atoms with Crippen LogP contribution in [0.4, 0.5) is 10.1 Å². The van der Waals surface area contributed by atoms with Crippen molar-refractivity contribution in [3.8, 4) is 0 Å². The predicted octanol–water partition coefficient (Wildman–Crippen LogP) is 3.89. The molecule has 0 aliphatic carbocycles. The van der Waals surface area contributed by atoms with Gasteiger partial charge in [-0.1, -0.05) is 23.7 Å². The van der Waals surface area contributed by atoms with Crippen molar-refractivity contribution in [3.63, 3.8) is 0 Å². The zero-order valence-corrected chi connectivity index (χ0v) is 16.0. The number of halogens is 2. The van der Waals surface area contributed by atoms with Gasteiger partial charge in [0.15, 0.2) is 0 Å². The number of nitrogens with zero attached hydrogens (tertiary/aromatic N) is 1. The molecule has 1 unspecified atom stereocenters. The molecular formula is C19H18ClFN2O3S. The van der Waals surface area contributed by atoms with Gasteiger partial charge in [-0.2, -0.15) is 4.31 Å². The third kappa shape index (κ3) is 3.35. The smallest absolute Gasteiger partial charge is 0.246 e. The molecule has 0 saturated carbocycles. The molecule has 27 heavy (non-hydrogen) atoms. The Bertz CT molecular complexity index is 1030. The van der Waals surface area contributed by atoms with E-state index in [1.807, 2.05) is 6.07 Å². The molecule has 2 aliphatic rings. The zero-order valence-electron chi connectivity index (χ0n) is 14.4. The van der Waals surface area contributed by atoms with Crippen molar-refractivity contribution in [2.45, 2.75) is 36.6 Å². The number of benzene rings is 2. The molecule has 2 aliphatic heterocycles. The number of sulfonamides is 1. The first-order valence-corrected chi connectivity index (χ1v) is 10.6. The molecule has 1 atom stereocenters. The van der Waals surface area contributed by atoms with Crippen LogP contribution in [0.3, 0.4) is 0 Å². The van der Waals surface area contributed by atoms with Gasteiger partial charge in [0.25, 0.3) is 0 Å². The fourth-order valence-electron chi connectivity index (χ4n) is 3.78. The van der Waals surface area contributed by atoms with Crippen molar-refractivity contribution >= 4 is 33.2 Å². The molecule has 5 nitrogen and oxygen atoms in total. The summed E-state index contributed by atoms with van der Waals surface area (Å²) in [5.41, 5.74) is 1.78. The highest BCUT2D eigenvalue weighted by Gasteiger charge is 2.38. The van der Waals surface area contributed by atoms with Crippen LogP contribution >= 0.6 is 11.6 Å². The fourth-order valence-corrected chi connectivity index (χ4v) is 5.76. The lowest BCUT2D eigenvalue weighted by atomic mass is 10.0. The van der Waals surface area contributed by atoms with Gasteiger partial charge >= 0.3 is 0 Å². The third-order valence-electron chi connectivity index (χ3n) is 5.08. The number of anilines is 1. The Kier molecular flexibility index (Phi) is 4.70. The number of nitrogens with one attached hydrogen (secondary N) is 1. The summed E-state index contributed by atoms with van der Waals surface area (Å²) in [6, 6.07) is 9.18. The number of amides is 1. The van der Waals surface area contributed by atoms with Crippen molar-refractivity contribution in [1.82, 2.24) is 4.31 Å². The minimum absolute atomic E-state index is 0.196. The molecule has 2 aromatic carbocycles. The van der Waals surface area contributed by atoms with Gasteiger partial charge in [-0.3, -0.25) is 4.79 Å². The first kappa shape index (κ1) is 18.4. The van der Waals surface area contributed by atoms with E-state index in [1.54, 1.807) is 18.2 Å². The summed E-state index contributed by atoms with van der Waals surface area (Å²) in [5, 5.41) is 3.12. The molecule has 1 amide bonds. The second kappa shape index (κ2) is 6.89. The SMILES string of the molecule is O=C1CCc2cc(S(=O)(=O)N3CCCC3c3cccc(Cl)c3)c(F)cc2N1. The van der Waals surface area contributed by atoms with Crippen LogP contribution in [0.2, 0.25) is 5.02 Å². The van der Waals surface area contributed by atoms with Gasteiger partial charge in [0, 0.05) is 23.7 Å². The number of fused-ring (bicyclic) bond motifs is 1. The quantitative estimate of drug-likeness (QED) is 0.837. The van der Waals surface area contributed by atoms with E-state index in [9.17, 15) is 17.6 Å². The lowest BCUT2D eigenvalue weighted by Crippen LogP contribution is -2.31. The molecule has 4 rings (SSSR count). The Labute approximate surface area is 162 Å². The molecular weight excluding hydrogens is 391 g/mol. The summed E-state index contributed by atoms with van der Waals surface area (Å²) >= 11 is 6.06. The Hall–Kier alpha value is -1.96. The van der Waals surface area contributed by atoms with Gasteiger partial charge in [-0.15, -0.1) is 0 Å². The zero-order chi connectivity index (χ0) is 19.2. The number of carbonyl (C=O) groups is 1. The summed E-state index contributed by atoms with van der Waals surface area (Å²) in [6.45, 7) is 0.326. The van der Waals surface area contributed by atoms with Gasteiger partial charge in [0.1, 0.15) is 10.7 Å². The lowest BCUT2D eigenvalue weighted by molar-refractivity contribution is -0.116. The first-order chi connectivity index (χ1) is 12.9. The third-order valence-corrected chi connectivity index (χ3v) is 7.24. The van der Waals surface area contributed by atoms with Crippen LogP contribution in [-0.2, 0) is 21.2 Å². The largest absolute Gasteiger partial charge is 0.326 e. The van der Waals surface area contributed by atoms with Crippen molar-refractivity contribution < 1.29 is 17.6 Å². The van der Waals surface area contributed by atoms with E-state index < -0.39 is 15.8 Å². The highest BCUT2D eigenvalue weighted by Crippen LogP contribution is 2.39. The number of carbonyl (C=O) groups excluding carboxylic acids is 1. The lowest BCUT2D eigenvalue weighted by Gasteiger charge is -2.26. The van der Waals surface area contributed by atoms with E-state index >= 15 is 0 Å². The van der Waals surface area contributed by atoms with Crippen LogP contribution in [0, 0.1) is 5.82 Å². The van der Waals surface area contributed by atoms with Crippen LogP contribution in [0.1, 0.15) is 36.4 Å². The summed E-state index contributed by atoms with van der Waals surface area (Å²) in [4.78, 5) is 11.1. The van der Waals surface area contributed by atoms with Crippen LogP contribution in [0.5, 0.6) is 0 Å². The Morgan fingerprint density at radius 1 is 1.19 bits per heavy atom. The highest BCUT2D eigenvalue weighted by atomic mass is 35.5. The summed E-state index contributed by atoms with van der Waals surface area (Å²) in [5.74, 6) is -1.05. The predicted molar refractivity (Wildman–Crippen MR) is 101 cm³/mol. The van der Waals surface area contributed by atoms with Crippen molar-refractivity contribution in [2.75, 3.05) is 11.9 Å². The van der Waals surface area contributed by atoms with E-state index in [2.05, 4.69) is 5.32 Å². The van der Waals surface area contributed by atoms with E-state index in [0.717, 1.165) is 11.6 Å². The average Bonchev–Trinajstić information content (AvgIpc) is 3.11. The molecule has 2 heterocycles. The standard InChI is InChI=1S/C19H18ClFN2O3S/c20-14-4-1-3-13(9-14)17-5-2-8-23(17)27(25,26)18-10-12-6-7-19(24)22-16(12)11-15(18)21/h1,3-4,9-11,17H,2,5-8H2,(H,22,24). The molecule has 2 aromatic rings. The molecule has 0 spiro atoms. The Balaban J connectivity index is 1.74. The highest BCUT2D eigenvalue weighted by molar-refractivity contribution is 7.89. The number of rotatable bonds is 3. The van der Waals surface area contributed by atoms with Gasteiger partial charge in [-0.25, -0.2) is 12.8 Å². The number of hydrogen-bond donors (Lipinski definition) is 1. The maximum Gasteiger partial charge on any atom is 0.246 e. The van der Waals surface area contributed by atoms with Gasteiger partial charge in [0.05, 0.1) is 6.04 Å². The molecule has 0 bridgehead atoms. The van der Waals surface area contributed by atoms with E-state index in [0.29, 0.717) is 42.1 Å². The van der Waals surface area contributed by atoms with Crippen molar-refractivity contribution in [1.29, 1.82) is 0 Å². The normalized spacial score (nSPS) is 20.4. The fraction of sp³-hybridized carbons (Fsp3) is 0.316. The first-order valence-electron chi connectivity index (χ1n) is 8.76. The second-order valence-corrected chi connectivity index (χ2v) is 9.11. The molecule has 142 valence electrons. The minimum atomic E-state index is -4.02. The minimum Gasteiger partial charge on any atom is -0.326 e. The molecule has 1 saturated heterocycles. The molecule has 0 radical (unpaired) electrons. The molecule has 8 heteroatoms. The van der Waals surface area contributed by atoms with Crippen LogP contribution in [0.25, 0.3) is 0 Å². The molecule has 0 aromatic heterocycles. The van der Waals surface area contributed by atoms with Crippen LogP contribution in [0.15, 0.2) is 41.3 Å². The van der Waals surface area contributed by atoms with Crippen molar-refractivity contribution in [3.05, 3.63) is 58.4 Å². The second-order valence-electron chi connectivity index (χ2n) is 6.82. The number of aryl methyl sites for hydroxylation is 1. The van der Waals surface area contributed by atoms with E-state index in [4.69, 9.17) is 11.6 Å². The van der Waals surface area contributed by atoms with Crippen LogP contribution in [-0.4, -0.2) is 25.2 Å². The Morgan fingerprint density at radius 3 is 2.78 bits per heavy atom. The Morgan fingerprint density at radius 2 is 2.00 bits per heavy atom. The van der Waals surface area contributed by atoms with Gasteiger partial charge in [0.2, 0.25) is 15.9 Å². The van der Waals surface area contributed by atoms with Crippen molar-refractivity contribution in [2.24, 2.45) is 0 Å². The van der Waals surface area contributed by atoms with E-state index in [-0.39, 0.29) is 23.3 Å². The maximum absolute atomic E-state index is 14.7. The van der Waals surface area contributed by atoms with Crippen LogP contribution < -0.4 is 5.32 Å². The van der Waals surface area contributed by atoms with Gasteiger partial charge in [-0.05, 0) is 54.7 Å². The average molecular weight is 409 g/mol.